The van der Waals surface area contributed by atoms with E-state index >= 15 is 0 Å². The smallest absolute Gasteiger partial charge is 0.315 e. The minimum Gasteiger partial charge on any atom is -0.407 e. The van der Waals surface area contributed by atoms with Gasteiger partial charge in [-0.15, -0.1) is 0 Å². The van der Waals surface area contributed by atoms with Crippen molar-refractivity contribution < 1.29 is 9.53 Å². The first-order valence-corrected chi connectivity index (χ1v) is 5.87. The van der Waals surface area contributed by atoms with Crippen LogP contribution in [0.5, 0.6) is 5.88 Å². The van der Waals surface area contributed by atoms with E-state index in [0.717, 1.165) is 24.8 Å². The summed E-state index contributed by atoms with van der Waals surface area (Å²) in [4.78, 5) is 15.7. The first kappa shape index (κ1) is 12.7. The molecule has 0 aliphatic carbocycles. The van der Waals surface area contributed by atoms with Gasteiger partial charge in [-0.1, -0.05) is 20.8 Å². The summed E-state index contributed by atoms with van der Waals surface area (Å²) < 4.78 is 5.25. The van der Waals surface area contributed by atoms with Gasteiger partial charge in [0.1, 0.15) is 0 Å². The molecule has 3 nitrogen and oxygen atoms in total. The highest BCUT2D eigenvalue weighted by Gasteiger charge is 2.16. The summed E-state index contributed by atoms with van der Waals surface area (Å²) in [7, 11) is 0. The van der Waals surface area contributed by atoms with Crippen molar-refractivity contribution in [2.24, 2.45) is 5.92 Å². The Morgan fingerprint density at radius 1 is 1.38 bits per heavy atom. The molecule has 0 atom stereocenters. The predicted molar refractivity (Wildman–Crippen MR) is 63.3 cm³/mol. The summed E-state index contributed by atoms with van der Waals surface area (Å²) in [5.41, 5.74) is 1.13. The van der Waals surface area contributed by atoms with Crippen LogP contribution in [0.15, 0.2) is 18.3 Å². The van der Waals surface area contributed by atoms with Crippen molar-refractivity contribution in [1.29, 1.82) is 0 Å². The topological polar surface area (TPSA) is 39.2 Å². The first-order valence-electron chi connectivity index (χ1n) is 5.87. The number of carbonyl (C=O) groups is 1. The van der Waals surface area contributed by atoms with Crippen LogP contribution in [0.25, 0.3) is 0 Å². The van der Waals surface area contributed by atoms with Gasteiger partial charge in [-0.3, -0.25) is 4.79 Å². The molecule has 0 amide bonds. The molecule has 3 heteroatoms. The molecule has 0 fully saturated rings. The molecule has 16 heavy (non-hydrogen) atoms. The van der Waals surface area contributed by atoms with Crippen LogP contribution in [0.3, 0.4) is 0 Å². The van der Waals surface area contributed by atoms with E-state index in [4.69, 9.17) is 4.74 Å². The molecule has 1 aromatic rings. The molecule has 0 aromatic carbocycles. The van der Waals surface area contributed by atoms with Crippen molar-refractivity contribution in [2.45, 2.75) is 40.0 Å². The first-order chi connectivity index (χ1) is 7.71. The van der Waals surface area contributed by atoms with Crippen LogP contribution in [0.4, 0.5) is 0 Å². The molecule has 0 aliphatic heterocycles. The van der Waals surface area contributed by atoms with Crippen LogP contribution in [-0.4, -0.2) is 11.0 Å². The Morgan fingerprint density at radius 3 is 2.62 bits per heavy atom. The second-order valence-corrected chi connectivity index (χ2v) is 3.79. The number of aromatic nitrogens is 1. The van der Waals surface area contributed by atoms with Gasteiger partial charge in [0.05, 0.1) is 5.92 Å². The quantitative estimate of drug-likeness (QED) is 0.717. The van der Waals surface area contributed by atoms with Crippen molar-refractivity contribution in [3.8, 4) is 5.88 Å². The summed E-state index contributed by atoms with van der Waals surface area (Å²) in [6.07, 6.45) is 4.21. The van der Waals surface area contributed by atoms with E-state index in [1.165, 1.54) is 0 Å². The molecule has 1 aromatic heterocycles. The van der Waals surface area contributed by atoms with E-state index < -0.39 is 0 Å². The third kappa shape index (κ3) is 3.33. The Morgan fingerprint density at radius 2 is 2.06 bits per heavy atom. The highest BCUT2D eigenvalue weighted by molar-refractivity contribution is 5.74. The van der Waals surface area contributed by atoms with Gasteiger partial charge < -0.3 is 4.74 Å². The van der Waals surface area contributed by atoms with Crippen molar-refractivity contribution >= 4 is 5.97 Å². The lowest BCUT2D eigenvalue weighted by Crippen LogP contribution is -2.19. The van der Waals surface area contributed by atoms with Gasteiger partial charge >= 0.3 is 5.97 Å². The molecular weight excluding hydrogens is 202 g/mol. The lowest BCUT2D eigenvalue weighted by atomic mass is 10.0. The highest BCUT2D eigenvalue weighted by atomic mass is 16.5. The molecule has 0 spiro atoms. The predicted octanol–water partition coefficient (Wildman–Crippen LogP) is 2.99. The Labute approximate surface area is 96.8 Å². The standard InChI is InChI=1S/C13H19NO2/c1-4-10-7-8-14-12(9-10)16-13(15)11(5-2)6-3/h7-9,11H,4-6H2,1-3H3. The second-order valence-electron chi connectivity index (χ2n) is 3.79. The van der Waals surface area contributed by atoms with E-state index in [1.54, 1.807) is 6.20 Å². The molecule has 0 N–H and O–H groups in total. The van der Waals surface area contributed by atoms with Gasteiger partial charge in [0.15, 0.2) is 0 Å². The molecule has 0 radical (unpaired) electrons. The number of aryl methyl sites for hydroxylation is 1. The zero-order valence-electron chi connectivity index (χ0n) is 10.2. The Kier molecular flexibility index (Phi) is 4.96. The lowest BCUT2D eigenvalue weighted by molar-refractivity contribution is -0.139. The number of rotatable bonds is 5. The molecule has 0 bridgehead atoms. The molecule has 0 saturated carbocycles. The maximum Gasteiger partial charge on any atom is 0.315 e. The van der Waals surface area contributed by atoms with Crippen LogP contribution in [-0.2, 0) is 11.2 Å². The largest absolute Gasteiger partial charge is 0.407 e. The molecular formula is C13H19NO2. The van der Waals surface area contributed by atoms with Crippen molar-refractivity contribution in [2.75, 3.05) is 0 Å². The van der Waals surface area contributed by atoms with Gasteiger partial charge in [0.25, 0.3) is 0 Å². The molecule has 1 heterocycles. The SMILES string of the molecule is CCc1ccnc(OC(=O)C(CC)CC)c1. The summed E-state index contributed by atoms with van der Waals surface area (Å²) >= 11 is 0. The fourth-order valence-corrected chi connectivity index (χ4v) is 1.53. The lowest BCUT2D eigenvalue weighted by Gasteiger charge is -2.11. The van der Waals surface area contributed by atoms with Crippen LogP contribution in [0, 0.1) is 5.92 Å². The summed E-state index contributed by atoms with van der Waals surface area (Å²) in [5, 5.41) is 0. The van der Waals surface area contributed by atoms with Crippen LogP contribution in [0.1, 0.15) is 39.2 Å². The maximum atomic E-state index is 11.7. The fourth-order valence-electron chi connectivity index (χ4n) is 1.53. The third-order valence-corrected chi connectivity index (χ3v) is 2.73. The van der Waals surface area contributed by atoms with E-state index in [-0.39, 0.29) is 11.9 Å². The van der Waals surface area contributed by atoms with Gasteiger partial charge in [-0.25, -0.2) is 4.98 Å². The van der Waals surface area contributed by atoms with E-state index in [9.17, 15) is 4.79 Å². The molecule has 0 unspecified atom stereocenters. The van der Waals surface area contributed by atoms with Crippen molar-refractivity contribution in [1.82, 2.24) is 4.98 Å². The summed E-state index contributed by atoms with van der Waals surface area (Å²) in [5.74, 6) is 0.217. The number of hydrogen-bond acceptors (Lipinski definition) is 3. The number of hydrogen-bond donors (Lipinski definition) is 0. The number of pyridine rings is 1. The number of carbonyl (C=O) groups excluding carboxylic acids is 1. The monoisotopic (exact) mass is 221 g/mol. The van der Waals surface area contributed by atoms with Gasteiger partial charge in [-0.05, 0) is 30.9 Å². The van der Waals surface area contributed by atoms with Gasteiger partial charge in [-0.2, -0.15) is 0 Å². The summed E-state index contributed by atoms with van der Waals surface area (Å²) in [6, 6.07) is 3.74. The maximum absolute atomic E-state index is 11.7. The zero-order chi connectivity index (χ0) is 12.0. The Bertz CT molecular complexity index is 346. The highest BCUT2D eigenvalue weighted by Crippen LogP contribution is 2.14. The van der Waals surface area contributed by atoms with Crippen molar-refractivity contribution in [3.05, 3.63) is 23.9 Å². The average molecular weight is 221 g/mol. The molecule has 1 rings (SSSR count). The molecule has 0 aliphatic rings. The zero-order valence-corrected chi connectivity index (χ0v) is 10.2. The molecule has 0 saturated heterocycles. The average Bonchev–Trinajstić information content (AvgIpc) is 2.31. The van der Waals surface area contributed by atoms with Crippen molar-refractivity contribution in [3.63, 3.8) is 0 Å². The molecule has 88 valence electrons. The van der Waals surface area contributed by atoms with E-state index in [1.807, 2.05) is 26.0 Å². The van der Waals surface area contributed by atoms with Crippen LogP contribution in [0.2, 0.25) is 0 Å². The normalized spacial score (nSPS) is 10.5. The van der Waals surface area contributed by atoms with E-state index in [0.29, 0.717) is 5.88 Å². The Hall–Kier alpha value is -1.38. The fraction of sp³-hybridized carbons (Fsp3) is 0.538. The van der Waals surface area contributed by atoms with Crippen LogP contribution < -0.4 is 4.74 Å². The second kappa shape index (κ2) is 6.26. The van der Waals surface area contributed by atoms with Gasteiger partial charge in [0.2, 0.25) is 5.88 Å². The Balaban J connectivity index is 2.68. The third-order valence-electron chi connectivity index (χ3n) is 2.73. The number of ether oxygens (including phenoxy) is 1. The summed E-state index contributed by atoms with van der Waals surface area (Å²) in [6.45, 7) is 6.04. The number of nitrogens with zero attached hydrogens (tertiary/aromatic N) is 1. The van der Waals surface area contributed by atoms with E-state index in [2.05, 4.69) is 11.9 Å². The van der Waals surface area contributed by atoms with Gasteiger partial charge in [0, 0.05) is 12.3 Å². The van der Waals surface area contributed by atoms with Crippen LogP contribution >= 0.6 is 0 Å². The minimum absolute atomic E-state index is 0.0212. The number of esters is 1. The minimum atomic E-state index is -0.175.